The Labute approximate surface area is 172 Å². The molecule has 0 aliphatic carbocycles. The van der Waals surface area contributed by atoms with Crippen LogP contribution in [0, 0.1) is 13.0 Å². The first-order chi connectivity index (χ1) is 12.9. The molecule has 0 bridgehead atoms. The summed E-state index contributed by atoms with van der Waals surface area (Å²) in [6, 6.07) is 10.6. The number of hydrogen-bond acceptors (Lipinski definition) is 4. The first kappa shape index (κ1) is 21.5. The Bertz CT molecular complexity index is 983. The van der Waals surface area contributed by atoms with Gasteiger partial charge in [-0.05, 0) is 25.1 Å². The Morgan fingerprint density at radius 2 is 2.00 bits per heavy atom. The molecule has 6 nitrogen and oxygen atoms in total. The number of halogens is 3. The van der Waals surface area contributed by atoms with Gasteiger partial charge in [-0.15, -0.1) is 12.1 Å². The molecule has 1 radical (unpaired) electrons. The topological polar surface area (TPSA) is 81.5 Å². The molecule has 4 aromatic heterocycles. The van der Waals surface area contributed by atoms with Crippen molar-refractivity contribution in [1.82, 2.24) is 30.1 Å². The molecule has 0 saturated heterocycles. The van der Waals surface area contributed by atoms with E-state index in [0.29, 0.717) is 5.69 Å². The van der Waals surface area contributed by atoms with Gasteiger partial charge < -0.3 is 20.2 Å². The molecule has 0 saturated carbocycles. The van der Waals surface area contributed by atoms with Gasteiger partial charge in [-0.2, -0.15) is 13.2 Å². The monoisotopic (exact) mass is 563 g/mol. The van der Waals surface area contributed by atoms with Gasteiger partial charge in [-0.25, -0.2) is 0 Å². The SMILES string of the molecule is Cc1c[nH]c(-c2[c-]ccnc2)n1.FC(F)(F)c1cc(-c2ccccn2)[n-]n1.[Ir]. The normalized spacial score (nSPS) is 10.6. The van der Waals surface area contributed by atoms with Crippen LogP contribution in [-0.2, 0) is 26.3 Å². The minimum Gasteiger partial charge on any atom is -0.573 e. The molecule has 0 atom stereocenters. The zero-order valence-electron chi connectivity index (χ0n) is 14.4. The maximum absolute atomic E-state index is 12.2. The number of aromatic amines is 1. The predicted octanol–water partition coefficient (Wildman–Crippen LogP) is 3.70. The largest absolute Gasteiger partial charge is 0.573 e. The molecule has 0 unspecified atom stereocenters. The van der Waals surface area contributed by atoms with Crippen molar-refractivity contribution >= 4 is 0 Å². The fraction of sp³-hybridized carbons (Fsp3) is 0.111. The second-order valence-electron chi connectivity index (χ2n) is 5.37. The molecule has 0 aromatic carbocycles. The number of rotatable bonds is 2. The van der Waals surface area contributed by atoms with E-state index in [-0.39, 0.29) is 25.8 Å². The van der Waals surface area contributed by atoms with Gasteiger partial charge in [0.2, 0.25) is 0 Å². The molecular weight excluding hydrogens is 549 g/mol. The maximum Gasteiger partial charge on any atom is 0.431 e. The third-order valence-corrected chi connectivity index (χ3v) is 3.32. The van der Waals surface area contributed by atoms with Crippen LogP contribution >= 0.6 is 0 Å². The Morgan fingerprint density at radius 1 is 1.18 bits per heavy atom. The molecule has 10 heteroatoms. The second-order valence-corrected chi connectivity index (χ2v) is 5.37. The van der Waals surface area contributed by atoms with E-state index in [1.54, 1.807) is 36.7 Å². The number of aryl methyl sites for hydroxylation is 1. The second kappa shape index (κ2) is 9.38. The summed E-state index contributed by atoms with van der Waals surface area (Å²) in [7, 11) is 0. The van der Waals surface area contributed by atoms with Crippen molar-refractivity contribution < 1.29 is 33.3 Å². The van der Waals surface area contributed by atoms with Gasteiger partial charge in [0.15, 0.2) is 0 Å². The van der Waals surface area contributed by atoms with Crippen LogP contribution in [0.5, 0.6) is 0 Å². The molecule has 0 aliphatic rings. The van der Waals surface area contributed by atoms with Gasteiger partial charge in [-0.1, -0.05) is 29.7 Å². The quantitative estimate of drug-likeness (QED) is 0.377. The maximum atomic E-state index is 12.2. The fourth-order valence-electron chi connectivity index (χ4n) is 2.08. The predicted molar refractivity (Wildman–Crippen MR) is 91.2 cm³/mol. The average Bonchev–Trinajstić information content (AvgIpc) is 3.33. The number of nitrogens with zero attached hydrogens (tertiary/aromatic N) is 5. The van der Waals surface area contributed by atoms with Crippen molar-refractivity contribution in [3.05, 3.63) is 72.6 Å². The van der Waals surface area contributed by atoms with E-state index in [1.807, 2.05) is 13.1 Å². The van der Waals surface area contributed by atoms with Gasteiger partial charge in [0.05, 0.1) is 5.82 Å². The molecule has 28 heavy (non-hydrogen) atoms. The van der Waals surface area contributed by atoms with Gasteiger partial charge >= 0.3 is 6.18 Å². The zero-order chi connectivity index (χ0) is 19.3. The smallest absolute Gasteiger partial charge is 0.431 e. The number of pyridine rings is 2. The van der Waals surface area contributed by atoms with Crippen LogP contribution in [0.15, 0.2) is 55.1 Å². The Morgan fingerprint density at radius 3 is 2.54 bits per heavy atom. The number of hydrogen-bond donors (Lipinski definition) is 1. The molecular formula is C18H13F3IrN6-2. The number of aromatic nitrogens is 6. The summed E-state index contributed by atoms with van der Waals surface area (Å²) in [4.78, 5) is 15.1. The van der Waals surface area contributed by atoms with E-state index in [4.69, 9.17) is 0 Å². The summed E-state index contributed by atoms with van der Waals surface area (Å²) >= 11 is 0. The zero-order valence-corrected chi connectivity index (χ0v) is 16.8. The number of imidazole rings is 1. The summed E-state index contributed by atoms with van der Waals surface area (Å²) in [5, 5.41) is 6.47. The molecule has 4 aromatic rings. The molecule has 0 aliphatic heterocycles. The first-order valence-corrected chi connectivity index (χ1v) is 7.76. The van der Waals surface area contributed by atoms with E-state index >= 15 is 0 Å². The molecule has 0 fully saturated rings. The first-order valence-electron chi connectivity index (χ1n) is 7.76. The van der Waals surface area contributed by atoms with Gasteiger partial charge in [0, 0.05) is 43.9 Å². The summed E-state index contributed by atoms with van der Waals surface area (Å²) in [6.07, 6.45) is 2.31. The fourth-order valence-corrected chi connectivity index (χ4v) is 2.08. The Hall–Kier alpha value is -2.84. The molecule has 147 valence electrons. The van der Waals surface area contributed by atoms with Crippen LogP contribution in [0.3, 0.4) is 0 Å². The van der Waals surface area contributed by atoms with Gasteiger partial charge in [0.25, 0.3) is 0 Å². The van der Waals surface area contributed by atoms with Crippen molar-refractivity contribution in [1.29, 1.82) is 0 Å². The molecule has 0 amide bonds. The van der Waals surface area contributed by atoms with Crippen LogP contribution in [-0.4, -0.2) is 25.0 Å². The van der Waals surface area contributed by atoms with Crippen LogP contribution in [0.25, 0.3) is 22.8 Å². The molecule has 0 spiro atoms. The summed E-state index contributed by atoms with van der Waals surface area (Å²) in [6.45, 7) is 1.94. The van der Waals surface area contributed by atoms with E-state index in [9.17, 15) is 13.2 Å². The molecule has 4 heterocycles. The van der Waals surface area contributed by atoms with Crippen LogP contribution in [0.4, 0.5) is 13.2 Å². The average molecular weight is 563 g/mol. The summed E-state index contributed by atoms with van der Waals surface area (Å²) in [5.74, 6) is 0.820. The third kappa shape index (κ3) is 5.58. The minimum absolute atomic E-state index is 0. The van der Waals surface area contributed by atoms with Gasteiger partial charge in [0.1, 0.15) is 5.69 Å². The Balaban J connectivity index is 0.000000198. The van der Waals surface area contributed by atoms with Crippen LogP contribution < -0.4 is 5.10 Å². The third-order valence-electron chi connectivity index (χ3n) is 3.32. The standard InChI is InChI=1S/C9H5F3N3.C9H8N3.Ir/c10-9(11,12)8-5-7(14-15-8)6-3-1-2-4-13-6;1-7-5-11-9(12-7)8-3-2-4-10-6-8;/h1-5H;2,4-6H,1H3,(H,11,12);/q2*-1;. The molecule has 4 rings (SSSR count). The van der Waals surface area contributed by atoms with E-state index in [1.165, 1.54) is 6.20 Å². The van der Waals surface area contributed by atoms with E-state index < -0.39 is 11.9 Å². The number of nitrogens with one attached hydrogen (secondary N) is 1. The van der Waals surface area contributed by atoms with E-state index in [2.05, 4.69) is 36.2 Å². The van der Waals surface area contributed by atoms with Crippen molar-refractivity contribution in [2.45, 2.75) is 13.1 Å². The number of alkyl halides is 3. The summed E-state index contributed by atoms with van der Waals surface area (Å²) < 4.78 is 36.6. The number of H-pyrrole nitrogens is 1. The van der Waals surface area contributed by atoms with Crippen molar-refractivity contribution in [3.63, 3.8) is 0 Å². The van der Waals surface area contributed by atoms with Crippen molar-refractivity contribution in [2.24, 2.45) is 0 Å². The van der Waals surface area contributed by atoms with Crippen molar-refractivity contribution in [2.75, 3.05) is 0 Å². The Kier molecular flexibility index (Phi) is 7.19. The summed E-state index contributed by atoms with van der Waals surface area (Å²) in [5.41, 5.74) is 1.37. The van der Waals surface area contributed by atoms with Crippen LogP contribution in [0.1, 0.15) is 11.4 Å². The van der Waals surface area contributed by atoms with Crippen molar-refractivity contribution in [3.8, 4) is 22.8 Å². The van der Waals surface area contributed by atoms with Crippen LogP contribution in [0.2, 0.25) is 0 Å². The molecule has 1 N–H and O–H groups in total. The van der Waals surface area contributed by atoms with E-state index in [0.717, 1.165) is 23.1 Å². The van der Waals surface area contributed by atoms with Gasteiger partial charge in [-0.3, -0.25) is 9.97 Å². The minimum atomic E-state index is -4.46.